The van der Waals surface area contributed by atoms with Gasteiger partial charge < -0.3 is 9.26 Å². The minimum atomic E-state index is -3.60. The van der Waals surface area contributed by atoms with E-state index in [1.54, 1.807) is 48.5 Å². The van der Waals surface area contributed by atoms with Crippen molar-refractivity contribution in [1.29, 1.82) is 0 Å². The molecule has 0 saturated carbocycles. The zero-order chi connectivity index (χ0) is 19.3. The quantitative estimate of drug-likeness (QED) is 0.614. The Kier molecular flexibility index (Phi) is 6.10. The second kappa shape index (κ2) is 8.51. The van der Waals surface area contributed by atoms with Crippen LogP contribution in [0.2, 0.25) is 5.02 Å². The maximum absolute atomic E-state index is 12.2. The Morgan fingerprint density at radius 3 is 2.59 bits per heavy atom. The lowest BCUT2D eigenvalue weighted by molar-refractivity contribution is 0.340. The molecule has 0 bridgehead atoms. The average Bonchev–Trinajstić information content (AvgIpc) is 3.12. The summed E-state index contributed by atoms with van der Waals surface area (Å²) in [6, 6.07) is 14.0. The molecule has 0 atom stereocenters. The molecule has 27 heavy (non-hydrogen) atoms. The summed E-state index contributed by atoms with van der Waals surface area (Å²) in [6.45, 7) is 2.39. The molecule has 7 nitrogen and oxygen atoms in total. The maximum Gasteiger partial charge on any atom is 0.242 e. The van der Waals surface area contributed by atoms with Gasteiger partial charge in [-0.15, -0.1) is 0 Å². The second-order valence-corrected chi connectivity index (χ2v) is 7.85. The van der Waals surface area contributed by atoms with Crippen LogP contribution in [-0.2, 0) is 22.3 Å². The largest absolute Gasteiger partial charge is 0.494 e. The molecule has 1 N–H and O–H groups in total. The van der Waals surface area contributed by atoms with Crippen molar-refractivity contribution in [3.63, 3.8) is 0 Å². The molecule has 1 heterocycles. The molecule has 0 spiro atoms. The van der Waals surface area contributed by atoms with Crippen molar-refractivity contribution in [3.05, 3.63) is 65.0 Å². The summed E-state index contributed by atoms with van der Waals surface area (Å²) >= 11 is 6.01. The number of rotatable bonds is 8. The van der Waals surface area contributed by atoms with E-state index in [-0.39, 0.29) is 18.2 Å². The predicted molar refractivity (Wildman–Crippen MR) is 102 cm³/mol. The molecule has 0 amide bonds. The second-order valence-electron chi connectivity index (χ2n) is 5.64. The molecule has 1 aromatic heterocycles. The van der Waals surface area contributed by atoms with Crippen molar-refractivity contribution in [2.45, 2.75) is 19.2 Å². The van der Waals surface area contributed by atoms with Crippen molar-refractivity contribution in [2.75, 3.05) is 6.61 Å². The van der Waals surface area contributed by atoms with Crippen LogP contribution in [0.5, 0.6) is 5.75 Å². The van der Waals surface area contributed by atoms with Gasteiger partial charge in [0.05, 0.1) is 18.9 Å². The van der Waals surface area contributed by atoms with Gasteiger partial charge in [-0.05, 0) is 42.8 Å². The summed E-state index contributed by atoms with van der Waals surface area (Å²) in [6.07, 6.45) is 0. The van der Waals surface area contributed by atoms with Crippen LogP contribution in [0.4, 0.5) is 0 Å². The van der Waals surface area contributed by atoms with E-state index < -0.39 is 10.0 Å². The average molecular weight is 408 g/mol. The zero-order valence-electron chi connectivity index (χ0n) is 14.6. The van der Waals surface area contributed by atoms with Crippen LogP contribution in [0, 0.1) is 0 Å². The number of sulfonamides is 1. The Balaban J connectivity index is 1.63. The molecule has 2 aromatic carbocycles. The maximum atomic E-state index is 12.2. The molecule has 0 aliphatic heterocycles. The van der Waals surface area contributed by atoms with E-state index in [0.717, 1.165) is 11.3 Å². The highest BCUT2D eigenvalue weighted by atomic mass is 35.5. The van der Waals surface area contributed by atoms with E-state index in [1.807, 2.05) is 6.92 Å². The summed E-state index contributed by atoms with van der Waals surface area (Å²) in [5.41, 5.74) is 1.26. The molecular formula is C18H18ClN3O4S. The van der Waals surface area contributed by atoms with E-state index in [1.165, 1.54) is 0 Å². The Hall–Kier alpha value is -2.42. The van der Waals surface area contributed by atoms with Gasteiger partial charge in [0.15, 0.2) is 0 Å². The monoisotopic (exact) mass is 407 g/mol. The van der Waals surface area contributed by atoms with Crippen molar-refractivity contribution in [2.24, 2.45) is 0 Å². The number of halogens is 1. The fourth-order valence-corrected chi connectivity index (χ4v) is 3.74. The van der Waals surface area contributed by atoms with Crippen molar-refractivity contribution < 1.29 is 17.7 Å². The van der Waals surface area contributed by atoms with Crippen LogP contribution in [0.25, 0.3) is 11.4 Å². The van der Waals surface area contributed by atoms with Crippen LogP contribution in [-0.4, -0.2) is 25.2 Å². The summed E-state index contributed by atoms with van der Waals surface area (Å²) in [5, 5.41) is 4.28. The minimum absolute atomic E-state index is 0.100. The van der Waals surface area contributed by atoms with E-state index in [9.17, 15) is 8.42 Å². The summed E-state index contributed by atoms with van der Waals surface area (Å²) in [4.78, 5) is 4.21. The van der Waals surface area contributed by atoms with Gasteiger partial charge in [-0.1, -0.05) is 35.0 Å². The van der Waals surface area contributed by atoms with Gasteiger partial charge in [0.25, 0.3) is 0 Å². The van der Waals surface area contributed by atoms with Crippen LogP contribution < -0.4 is 9.46 Å². The first kappa shape index (κ1) is 19.3. The van der Waals surface area contributed by atoms with Gasteiger partial charge in [0.2, 0.25) is 21.7 Å². The number of nitrogens with one attached hydrogen (secondary N) is 1. The molecule has 3 aromatic rings. The highest BCUT2D eigenvalue weighted by molar-refractivity contribution is 7.88. The molecule has 0 saturated heterocycles. The Morgan fingerprint density at radius 1 is 1.15 bits per heavy atom. The van der Waals surface area contributed by atoms with Gasteiger partial charge in [-0.3, -0.25) is 0 Å². The van der Waals surface area contributed by atoms with Crippen LogP contribution in [0.3, 0.4) is 0 Å². The van der Waals surface area contributed by atoms with E-state index >= 15 is 0 Å². The molecule has 142 valence electrons. The lowest BCUT2D eigenvalue weighted by atomic mass is 10.2. The van der Waals surface area contributed by atoms with Gasteiger partial charge in [0, 0.05) is 10.6 Å². The van der Waals surface area contributed by atoms with Gasteiger partial charge in [-0.25, -0.2) is 13.1 Å². The third-order valence-electron chi connectivity index (χ3n) is 3.64. The van der Waals surface area contributed by atoms with Gasteiger partial charge in [-0.2, -0.15) is 4.98 Å². The summed E-state index contributed by atoms with van der Waals surface area (Å²) < 4.78 is 37.4. The number of hydrogen-bond acceptors (Lipinski definition) is 6. The molecule has 0 aliphatic carbocycles. The molecular weight excluding hydrogens is 390 g/mol. The fraction of sp³-hybridized carbons (Fsp3) is 0.222. The Morgan fingerprint density at radius 2 is 1.89 bits per heavy atom. The summed E-state index contributed by atoms with van der Waals surface area (Å²) in [5.74, 6) is 1.06. The van der Waals surface area contributed by atoms with Crippen LogP contribution >= 0.6 is 11.6 Å². The highest BCUT2D eigenvalue weighted by Crippen LogP contribution is 2.20. The van der Waals surface area contributed by atoms with E-state index in [0.29, 0.717) is 23.0 Å². The molecule has 0 unspecified atom stereocenters. The number of nitrogens with zero attached hydrogens (tertiary/aromatic N) is 2. The number of aromatic nitrogens is 2. The first-order valence-corrected chi connectivity index (χ1v) is 10.3. The lowest BCUT2D eigenvalue weighted by Crippen LogP contribution is -2.25. The summed E-state index contributed by atoms with van der Waals surface area (Å²) in [7, 11) is -3.60. The van der Waals surface area contributed by atoms with Gasteiger partial charge in [0.1, 0.15) is 5.75 Å². The number of benzene rings is 2. The smallest absolute Gasteiger partial charge is 0.242 e. The molecule has 9 heteroatoms. The molecule has 0 aliphatic rings. The lowest BCUT2D eigenvalue weighted by Gasteiger charge is -2.06. The fourth-order valence-electron chi connectivity index (χ4n) is 2.35. The SMILES string of the molecule is CCOc1ccc(-c2noc(CNS(=O)(=O)Cc3ccccc3Cl)n2)cc1. The Labute approximate surface area is 162 Å². The zero-order valence-corrected chi connectivity index (χ0v) is 16.1. The first-order valence-electron chi connectivity index (χ1n) is 8.23. The van der Waals surface area contributed by atoms with Gasteiger partial charge >= 0.3 is 0 Å². The molecule has 0 fully saturated rings. The van der Waals surface area contributed by atoms with Crippen molar-refractivity contribution in [3.8, 4) is 17.1 Å². The van der Waals surface area contributed by atoms with E-state index in [4.69, 9.17) is 20.9 Å². The third-order valence-corrected chi connectivity index (χ3v) is 5.28. The number of hydrogen-bond donors (Lipinski definition) is 1. The third kappa shape index (κ3) is 5.29. The topological polar surface area (TPSA) is 94.3 Å². The standard InChI is InChI=1S/C18H18ClN3O4S/c1-2-25-15-9-7-13(8-10-15)18-21-17(26-22-18)11-20-27(23,24)12-14-5-3-4-6-16(14)19/h3-10,20H,2,11-12H2,1H3. The Bertz CT molecular complexity index is 1000. The normalized spacial score (nSPS) is 11.5. The minimum Gasteiger partial charge on any atom is -0.494 e. The highest BCUT2D eigenvalue weighted by Gasteiger charge is 2.16. The first-order chi connectivity index (χ1) is 13.0. The molecule has 0 radical (unpaired) electrons. The molecule has 3 rings (SSSR count). The predicted octanol–water partition coefficient (Wildman–Crippen LogP) is 3.41. The van der Waals surface area contributed by atoms with Crippen molar-refractivity contribution in [1.82, 2.24) is 14.9 Å². The van der Waals surface area contributed by atoms with E-state index in [2.05, 4.69) is 14.9 Å². The van der Waals surface area contributed by atoms with Crippen LogP contribution in [0.15, 0.2) is 53.1 Å². The number of ether oxygens (including phenoxy) is 1. The van der Waals surface area contributed by atoms with Crippen LogP contribution in [0.1, 0.15) is 18.4 Å². The van der Waals surface area contributed by atoms with Crippen molar-refractivity contribution >= 4 is 21.6 Å².